The van der Waals surface area contributed by atoms with Crippen molar-refractivity contribution in [1.82, 2.24) is 20.3 Å². The topological polar surface area (TPSA) is 67.8 Å². The van der Waals surface area contributed by atoms with Crippen LogP contribution >= 0.6 is 11.3 Å². The van der Waals surface area contributed by atoms with E-state index < -0.39 is 35.9 Å². The van der Waals surface area contributed by atoms with Crippen molar-refractivity contribution in [2.75, 3.05) is 0 Å². The molecular formula is C17H10F6N4OS. The second-order valence-corrected chi connectivity index (χ2v) is 6.55. The van der Waals surface area contributed by atoms with Gasteiger partial charge in [0.1, 0.15) is 10.6 Å². The number of carbonyl (C=O) groups excluding carboxylic acids is 1. The van der Waals surface area contributed by atoms with E-state index in [1.807, 2.05) is 0 Å². The fraction of sp³-hybridized carbons (Fsp3) is 0.176. The number of amides is 1. The minimum Gasteiger partial charge on any atom is -0.347 e. The molecule has 5 nitrogen and oxygen atoms in total. The first-order valence-corrected chi connectivity index (χ1v) is 8.71. The zero-order valence-corrected chi connectivity index (χ0v) is 15.0. The second-order valence-electron chi connectivity index (χ2n) is 5.70. The van der Waals surface area contributed by atoms with Gasteiger partial charge in [-0.15, -0.1) is 11.3 Å². The lowest BCUT2D eigenvalue weighted by molar-refractivity contribution is -0.143. The van der Waals surface area contributed by atoms with E-state index in [4.69, 9.17) is 0 Å². The summed E-state index contributed by atoms with van der Waals surface area (Å²) in [4.78, 5) is 24.6. The molecule has 3 rings (SSSR count). The van der Waals surface area contributed by atoms with E-state index in [0.717, 1.165) is 11.3 Å². The molecule has 29 heavy (non-hydrogen) atoms. The summed E-state index contributed by atoms with van der Waals surface area (Å²) >= 11 is 1.07. The van der Waals surface area contributed by atoms with Gasteiger partial charge in [-0.3, -0.25) is 4.79 Å². The number of carbonyl (C=O) groups is 1. The largest absolute Gasteiger partial charge is 0.416 e. The third-order valence-electron chi connectivity index (χ3n) is 3.65. The number of benzene rings is 1. The molecule has 152 valence electrons. The highest BCUT2D eigenvalue weighted by Crippen LogP contribution is 2.36. The summed E-state index contributed by atoms with van der Waals surface area (Å²) in [6.07, 6.45) is -7.03. The van der Waals surface area contributed by atoms with Gasteiger partial charge in [0, 0.05) is 18.9 Å². The number of hydrogen-bond donors (Lipinski definition) is 1. The van der Waals surface area contributed by atoms with Crippen LogP contribution in [0, 0.1) is 0 Å². The number of hydrogen-bond acceptors (Lipinski definition) is 5. The summed E-state index contributed by atoms with van der Waals surface area (Å²) in [7, 11) is 0. The molecular weight excluding hydrogens is 422 g/mol. The van der Waals surface area contributed by atoms with Crippen LogP contribution in [0.3, 0.4) is 0 Å². The third-order valence-corrected chi connectivity index (χ3v) is 4.47. The fourth-order valence-corrected chi connectivity index (χ4v) is 3.10. The van der Waals surface area contributed by atoms with Gasteiger partial charge in [0.15, 0.2) is 5.82 Å². The Bertz CT molecular complexity index is 985. The number of aromatic nitrogens is 3. The molecule has 2 aromatic heterocycles. The lowest BCUT2D eigenvalue weighted by Gasteiger charge is -2.14. The molecule has 1 aromatic carbocycles. The number of rotatable bonds is 4. The Hall–Kier alpha value is -3.02. The van der Waals surface area contributed by atoms with Crippen LogP contribution in [0.2, 0.25) is 0 Å². The van der Waals surface area contributed by atoms with Crippen LogP contribution in [0.1, 0.15) is 27.2 Å². The van der Waals surface area contributed by atoms with E-state index in [1.165, 1.54) is 17.9 Å². The maximum Gasteiger partial charge on any atom is 0.416 e. The van der Waals surface area contributed by atoms with E-state index in [1.54, 1.807) is 6.07 Å². The maximum atomic E-state index is 12.9. The van der Waals surface area contributed by atoms with E-state index in [2.05, 4.69) is 20.3 Å². The Morgan fingerprint density at radius 1 is 0.931 bits per heavy atom. The molecule has 0 aliphatic carbocycles. The number of halogens is 6. The van der Waals surface area contributed by atoms with Gasteiger partial charge in [-0.1, -0.05) is 0 Å². The molecule has 0 aliphatic heterocycles. The summed E-state index contributed by atoms with van der Waals surface area (Å²) < 4.78 is 77.5. The minimum absolute atomic E-state index is 0.0244. The summed E-state index contributed by atoms with van der Waals surface area (Å²) in [5.41, 5.74) is -1.99. The Kier molecular flexibility index (Phi) is 5.55. The van der Waals surface area contributed by atoms with Crippen LogP contribution in [-0.4, -0.2) is 20.9 Å². The molecule has 0 saturated heterocycles. The molecule has 1 N–H and O–H groups in total. The van der Waals surface area contributed by atoms with Crippen molar-refractivity contribution in [3.05, 3.63) is 64.6 Å². The van der Waals surface area contributed by atoms with Gasteiger partial charge in [0.25, 0.3) is 5.91 Å². The molecule has 0 bridgehead atoms. The highest BCUT2D eigenvalue weighted by molar-refractivity contribution is 7.13. The SMILES string of the molecule is O=C(NCc1cc(C(F)(F)F)cc(C(F)(F)F)c1)c1ncsc1-c1ncccn1. The van der Waals surface area contributed by atoms with Crippen LogP contribution in [0.4, 0.5) is 26.3 Å². The average molecular weight is 432 g/mol. The smallest absolute Gasteiger partial charge is 0.347 e. The van der Waals surface area contributed by atoms with Crippen molar-refractivity contribution >= 4 is 17.2 Å². The van der Waals surface area contributed by atoms with Crippen molar-refractivity contribution in [2.45, 2.75) is 18.9 Å². The average Bonchev–Trinajstić information content (AvgIpc) is 3.15. The van der Waals surface area contributed by atoms with Crippen LogP contribution in [0.5, 0.6) is 0 Å². The van der Waals surface area contributed by atoms with Gasteiger partial charge in [0.05, 0.1) is 16.6 Å². The molecule has 2 heterocycles. The van der Waals surface area contributed by atoms with Crippen molar-refractivity contribution in [3.63, 3.8) is 0 Å². The van der Waals surface area contributed by atoms with Crippen molar-refractivity contribution < 1.29 is 31.1 Å². The first-order chi connectivity index (χ1) is 13.6. The zero-order chi connectivity index (χ0) is 21.2. The maximum absolute atomic E-state index is 12.9. The van der Waals surface area contributed by atoms with Gasteiger partial charge < -0.3 is 5.32 Å². The highest BCUT2D eigenvalue weighted by Gasteiger charge is 2.36. The zero-order valence-electron chi connectivity index (χ0n) is 14.2. The Morgan fingerprint density at radius 2 is 1.52 bits per heavy atom. The standard InChI is InChI=1S/C17H10F6N4OS/c18-16(19,20)10-4-9(5-11(6-10)17(21,22)23)7-26-15(28)12-13(29-8-27-12)14-24-2-1-3-25-14/h1-6,8H,7H2,(H,26,28). The molecule has 0 aliphatic rings. The van der Waals surface area contributed by atoms with Gasteiger partial charge in [-0.2, -0.15) is 26.3 Å². The molecule has 1 amide bonds. The van der Waals surface area contributed by atoms with Crippen molar-refractivity contribution in [1.29, 1.82) is 0 Å². The minimum atomic E-state index is -4.97. The number of alkyl halides is 6. The van der Waals surface area contributed by atoms with Crippen molar-refractivity contribution in [2.24, 2.45) is 0 Å². The molecule has 0 unspecified atom stereocenters. The first-order valence-electron chi connectivity index (χ1n) is 7.83. The fourth-order valence-electron chi connectivity index (χ4n) is 2.37. The lowest BCUT2D eigenvalue weighted by Crippen LogP contribution is -2.24. The quantitative estimate of drug-likeness (QED) is 0.614. The van der Waals surface area contributed by atoms with E-state index in [0.29, 0.717) is 17.0 Å². The summed E-state index contributed by atoms with van der Waals surface area (Å²) in [5.74, 6) is -0.557. The first kappa shape index (κ1) is 20.7. The number of nitrogens with zero attached hydrogens (tertiary/aromatic N) is 3. The van der Waals surface area contributed by atoms with Gasteiger partial charge in [-0.25, -0.2) is 15.0 Å². The summed E-state index contributed by atoms with van der Waals surface area (Å²) in [6, 6.07) is 2.70. The number of thiazole rings is 1. The summed E-state index contributed by atoms with van der Waals surface area (Å²) in [5, 5.41) is 2.28. The molecule has 12 heteroatoms. The van der Waals surface area contributed by atoms with Crippen LogP contribution < -0.4 is 5.32 Å². The predicted molar refractivity (Wildman–Crippen MR) is 90.8 cm³/mol. The van der Waals surface area contributed by atoms with Crippen LogP contribution in [0.25, 0.3) is 10.7 Å². The lowest BCUT2D eigenvalue weighted by atomic mass is 10.0. The second kappa shape index (κ2) is 7.78. The predicted octanol–water partition coefficient (Wildman–Crippen LogP) is 4.57. The molecule has 3 aromatic rings. The Labute approximate surface area is 163 Å². The molecule has 0 radical (unpaired) electrons. The molecule has 0 atom stereocenters. The Morgan fingerprint density at radius 3 is 2.07 bits per heavy atom. The normalized spacial score (nSPS) is 12.1. The Balaban J connectivity index is 1.84. The van der Waals surface area contributed by atoms with Crippen LogP contribution in [0.15, 0.2) is 42.2 Å². The monoisotopic (exact) mass is 432 g/mol. The summed E-state index contributed by atoms with van der Waals surface area (Å²) in [6.45, 7) is -0.557. The third kappa shape index (κ3) is 4.88. The van der Waals surface area contributed by atoms with Crippen LogP contribution in [-0.2, 0) is 18.9 Å². The van der Waals surface area contributed by atoms with Crippen molar-refractivity contribution in [3.8, 4) is 10.7 Å². The number of nitrogens with one attached hydrogen (secondary N) is 1. The van der Waals surface area contributed by atoms with Gasteiger partial charge >= 0.3 is 12.4 Å². The molecule has 0 spiro atoms. The van der Waals surface area contributed by atoms with Gasteiger partial charge in [-0.05, 0) is 29.8 Å². The highest BCUT2D eigenvalue weighted by atomic mass is 32.1. The van der Waals surface area contributed by atoms with E-state index in [-0.39, 0.29) is 23.1 Å². The molecule has 0 fully saturated rings. The van der Waals surface area contributed by atoms with E-state index >= 15 is 0 Å². The van der Waals surface area contributed by atoms with E-state index in [9.17, 15) is 31.1 Å². The molecule has 0 saturated carbocycles. The van der Waals surface area contributed by atoms with Gasteiger partial charge in [0.2, 0.25) is 0 Å².